The second-order valence-corrected chi connectivity index (χ2v) is 6.81. The molecule has 0 N–H and O–H groups in total. The Balaban J connectivity index is 1.63. The van der Waals surface area contributed by atoms with Gasteiger partial charge in [-0.05, 0) is 48.5 Å². The largest absolute Gasteiger partial charge is 0.457 e. The van der Waals surface area contributed by atoms with Crippen molar-refractivity contribution < 1.29 is 4.42 Å². The van der Waals surface area contributed by atoms with Crippen molar-refractivity contribution in [3.63, 3.8) is 0 Å². The summed E-state index contributed by atoms with van der Waals surface area (Å²) in [4.78, 5) is 4.35. The number of benzene rings is 2. The summed E-state index contributed by atoms with van der Waals surface area (Å²) in [5.74, 6) is 1.17. The van der Waals surface area contributed by atoms with E-state index < -0.39 is 0 Å². The smallest absolute Gasteiger partial charge is 0.136 e. The van der Waals surface area contributed by atoms with Crippen molar-refractivity contribution in [2.75, 3.05) is 0 Å². The SMILES string of the molecule is N#C/C(=C/c1ccc(-c2cc(Cl)ccc2Cl)o1)Cn1cnc2ccccc21. The van der Waals surface area contributed by atoms with Crippen molar-refractivity contribution in [1.29, 1.82) is 5.26 Å². The summed E-state index contributed by atoms with van der Waals surface area (Å²) in [6, 6.07) is 18.8. The van der Waals surface area contributed by atoms with E-state index in [0.29, 0.717) is 39.2 Å². The van der Waals surface area contributed by atoms with Crippen LogP contribution in [0.2, 0.25) is 10.0 Å². The van der Waals surface area contributed by atoms with Gasteiger partial charge in [0.05, 0.1) is 40.6 Å². The van der Waals surface area contributed by atoms with Gasteiger partial charge < -0.3 is 8.98 Å². The molecule has 0 amide bonds. The van der Waals surface area contributed by atoms with Gasteiger partial charge >= 0.3 is 0 Å². The van der Waals surface area contributed by atoms with Crippen LogP contribution < -0.4 is 0 Å². The minimum Gasteiger partial charge on any atom is -0.457 e. The maximum absolute atomic E-state index is 9.53. The first kappa shape index (κ1) is 17.4. The molecule has 0 atom stereocenters. The second-order valence-electron chi connectivity index (χ2n) is 5.97. The lowest BCUT2D eigenvalue weighted by Gasteiger charge is -2.03. The van der Waals surface area contributed by atoms with Crippen molar-refractivity contribution in [2.45, 2.75) is 6.54 Å². The van der Waals surface area contributed by atoms with E-state index in [9.17, 15) is 5.26 Å². The van der Waals surface area contributed by atoms with Crippen molar-refractivity contribution in [1.82, 2.24) is 9.55 Å². The predicted octanol–water partition coefficient (Wildman–Crippen LogP) is 6.21. The number of furan rings is 1. The molecular weight excluding hydrogens is 381 g/mol. The molecule has 0 aliphatic heterocycles. The number of allylic oxidation sites excluding steroid dienone is 1. The molecule has 0 aliphatic carbocycles. The molecule has 0 radical (unpaired) electrons. The first-order valence-corrected chi connectivity index (χ1v) is 8.95. The summed E-state index contributed by atoms with van der Waals surface area (Å²) >= 11 is 12.3. The highest BCUT2D eigenvalue weighted by Gasteiger charge is 2.10. The Bertz CT molecular complexity index is 1200. The molecule has 4 rings (SSSR count). The summed E-state index contributed by atoms with van der Waals surface area (Å²) in [7, 11) is 0. The highest BCUT2D eigenvalue weighted by Crippen LogP contribution is 2.32. The van der Waals surface area contributed by atoms with E-state index in [1.54, 1.807) is 36.7 Å². The van der Waals surface area contributed by atoms with Gasteiger partial charge in [0.2, 0.25) is 0 Å². The summed E-state index contributed by atoms with van der Waals surface area (Å²) < 4.78 is 7.78. The number of nitriles is 1. The van der Waals surface area contributed by atoms with Crippen LogP contribution in [-0.2, 0) is 6.54 Å². The molecule has 0 saturated carbocycles. The molecule has 4 aromatic rings. The zero-order chi connectivity index (χ0) is 18.8. The highest BCUT2D eigenvalue weighted by molar-refractivity contribution is 6.35. The van der Waals surface area contributed by atoms with Crippen LogP contribution in [-0.4, -0.2) is 9.55 Å². The third-order valence-electron chi connectivity index (χ3n) is 4.15. The van der Waals surface area contributed by atoms with Crippen molar-refractivity contribution in [3.8, 4) is 17.4 Å². The van der Waals surface area contributed by atoms with E-state index in [1.165, 1.54) is 0 Å². The number of fused-ring (bicyclic) bond motifs is 1. The van der Waals surface area contributed by atoms with Gasteiger partial charge in [0.1, 0.15) is 11.5 Å². The van der Waals surface area contributed by atoms with Gasteiger partial charge in [-0.25, -0.2) is 4.98 Å². The van der Waals surface area contributed by atoms with Crippen LogP contribution in [0.25, 0.3) is 28.4 Å². The molecule has 2 heterocycles. The topological polar surface area (TPSA) is 54.8 Å². The molecule has 0 fully saturated rings. The highest BCUT2D eigenvalue weighted by atomic mass is 35.5. The predicted molar refractivity (Wildman–Crippen MR) is 107 cm³/mol. The maximum atomic E-state index is 9.53. The molecule has 0 bridgehead atoms. The van der Waals surface area contributed by atoms with Gasteiger partial charge in [0.15, 0.2) is 0 Å². The summed E-state index contributed by atoms with van der Waals surface area (Å²) in [6.45, 7) is 0.408. The van der Waals surface area contributed by atoms with Crippen LogP contribution in [0.4, 0.5) is 0 Å². The van der Waals surface area contributed by atoms with Crippen molar-refractivity contribution in [2.24, 2.45) is 0 Å². The van der Waals surface area contributed by atoms with E-state index in [0.717, 1.165) is 11.0 Å². The summed E-state index contributed by atoms with van der Waals surface area (Å²) in [6.07, 6.45) is 3.45. The fourth-order valence-electron chi connectivity index (χ4n) is 2.87. The van der Waals surface area contributed by atoms with E-state index >= 15 is 0 Å². The normalized spacial score (nSPS) is 11.7. The Labute approximate surface area is 165 Å². The molecule has 6 heteroatoms. The van der Waals surface area contributed by atoms with Gasteiger partial charge in [-0.1, -0.05) is 35.3 Å². The molecular formula is C21H13Cl2N3O. The Morgan fingerprint density at radius 3 is 2.85 bits per heavy atom. The van der Waals surface area contributed by atoms with E-state index in [4.69, 9.17) is 27.6 Å². The molecule has 27 heavy (non-hydrogen) atoms. The van der Waals surface area contributed by atoms with Gasteiger partial charge in [0.25, 0.3) is 0 Å². The third-order valence-corrected chi connectivity index (χ3v) is 4.71. The minimum atomic E-state index is 0.408. The average molecular weight is 394 g/mol. The van der Waals surface area contributed by atoms with Crippen molar-refractivity contribution in [3.05, 3.63) is 82.3 Å². The van der Waals surface area contributed by atoms with Gasteiger partial charge in [-0.15, -0.1) is 0 Å². The van der Waals surface area contributed by atoms with E-state index in [1.807, 2.05) is 34.9 Å². The monoisotopic (exact) mass is 393 g/mol. The van der Waals surface area contributed by atoms with Crippen molar-refractivity contribution >= 4 is 40.3 Å². The van der Waals surface area contributed by atoms with Gasteiger partial charge in [-0.3, -0.25) is 0 Å². The zero-order valence-electron chi connectivity index (χ0n) is 14.1. The molecule has 2 aromatic heterocycles. The zero-order valence-corrected chi connectivity index (χ0v) is 15.6. The maximum Gasteiger partial charge on any atom is 0.136 e. The molecule has 2 aromatic carbocycles. The first-order chi connectivity index (χ1) is 13.1. The van der Waals surface area contributed by atoms with Crippen LogP contribution in [0.1, 0.15) is 5.76 Å². The molecule has 4 nitrogen and oxygen atoms in total. The lowest BCUT2D eigenvalue weighted by molar-refractivity contribution is 0.571. The molecule has 0 unspecified atom stereocenters. The molecule has 132 valence electrons. The first-order valence-electron chi connectivity index (χ1n) is 8.20. The van der Waals surface area contributed by atoms with Crippen LogP contribution in [0.5, 0.6) is 0 Å². The Morgan fingerprint density at radius 1 is 1.15 bits per heavy atom. The Kier molecular flexibility index (Phi) is 4.72. The van der Waals surface area contributed by atoms with E-state index in [-0.39, 0.29) is 0 Å². The number of rotatable bonds is 4. The summed E-state index contributed by atoms with van der Waals surface area (Å²) in [5.41, 5.74) is 3.13. The van der Waals surface area contributed by atoms with Crippen LogP contribution in [0.3, 0.4) is 0 Å². The number of hydrogen-bond donors (Lipinski definition) is 0. The lowest BCUT2D eigenvalue weighted by Crippen LogP contribution is -1.98. The molecule has 0 spiro atoms. The van der Waals surface area contributed by atoms with Gasteiger partial charge in [0, 0.05) is 10.6 Å². The molecule has 0 aliphatic rings. The van der Waals surface area contributed by atoms with Crippen LogP contribution in [0.15, 0.2) is 70.9 Å². The third kappa shape index (κ3) is 3.61. The number of imidazole rings is 1. The Hall–Kier alpha value is -3.00. The standard InChI is InChI=1S/C21H13Cl2N3O/c22-15-5-7-18(23)17(10-15)21-8-6-16(27-21)9-14(11-24)12-26-13-25-19-3-1-2-4-20(19)26/h1-10,13H,12H2/b14-9-. The number of halogens is 2. The Morgan fingerprint density at radius 2 is 2.00 bits per heavy atom. The van der Waals surface area contributed by atoms with Crippen LogP contribution >= 0.6 is 23.2 Å². The van der Waals surface area contributed by atoms with E-state index in [2.05, 4.69) is 11.1 Å². The average Bonchev–Trinajstić information content (AvgIpc) is 3.30. The van der Waals surface area contributed by atoms with Gasteiger partial charge in [-0.2, -0.15) is 5.26 Å². The van der Waals surface area contributed by atoms with Crippen LogP contribution in [0, 0.1) is 11.3 Å². The minimum absolute atomic E-state index is 0.408. The second kappa shape index (κ2) is 7.32. The molecule has 0 saturated heterocycles. The fraction of sp³-hybridized carbons (Fsp3) is 0.0476. The number of hydrogen-bond acceptors (Lipinski definition) is 3. The lowest BCUT2D eigenvalue weighted by atomic mass is 10.2. The quantitative estimate of drug-likeness (QED) is 0.387. The number of aromatic nitrogens is 2. The summed E-state index contributed by atoms with van der Waals surface area (Å²) in [5, 5.41) is 10.7. The number of nitrogens with zero attached hydrogens (tertiary/aromatic N) is 3. The fourth-order valence-corrected chi connectivity index (χ4v) is 3.25. The number of para-hydroxylation sites is 2.